The van der Waals surface area contributed by atoms with E-state index in [0.717, 1.165) is 0 Å². The molecule has 0 aromatic carbocycles. The molecule has 0 saturated heterocycles. The van der Waals surface area contributed by atoms with Crippen molar-refractivity contribution in [3.63, 3.8) is 0 Å². The quantitative estimate of drug-likeness (QED) is 0.720. The van der Waals surface area contributed by atoms with Gasteiger partial charge in [0.05, 0.1) is 22.9 Å². The fourth-order valence-corrected chi connectivity index (χ4v) is 2.12. The van der Waals surface area contributed by atoms with Gasteiger partial charge in [0.15, 0.2) is 17.9 Å². The molecule has 3 heterocycles. The van der Waals surface area contributed by atoms with E-state index in [9.17, 15) is 4.79 Å². The maximum absolute atomic E-state index is 11.0. The molecule has 0 saturated carbocycles. The molecule has 0 amide bonds. The van der Waals surface area contributed by atoms with Gasteiger partial charge in [0.25, 0.3) is 0 Å². The average Bonchev–Trinajstić information content (AvgIpc) is 2.95. The Kier molecular flexibility index (Phi) is 2.41. The highest BCUT2D eigenvalue weighted by atomic mass is 35.5. The number of fused-ring (bicyclic) bond motifs is 1. The molecule has 0 fully saturated rings. The Bertz CT molecular complexity index is 731. The van der Waals surface area contributed by atoms with Crippen molar-refractivity contribution in [3.05, 3.63) is 34.8 Å². The topological polar surface area (TPSA) is 71.8 Å². The molecule has 0 aliphatic carbocycles. The van der Waals surface area contributed by atoms with Crippen LogP contribution in [-0.4, -0.2) is 21.2 Å². The first-order valence-electron chi connectivity index (χ1n) is 5.25. The molecule has 0 aliphatic rings. The number of rotatable bonds is 2. The molecule has 3 rings (SSSR count). The highest BCUT2D eigenvalue weighted by Crippen LogP contribution is 2.27. The number of nitrogens with one attached hydrogen (secondary N) is 1. The zero-order valence-electron chi connectivity index (χ0n) is 9.40. The van der Waals surface area contributed by atoms with Crippen molar-refractivity contribution < 1.29 is 9.21 Å². The first kappa shape index (κ1) is 11.0. The van der Waals surface area contributed by atoms with Gasteiger partial charge in [-0.2, -0.15) is 0 Å². The highest BCUT2D eigenvalue weighted by molar-refractivity contribution is 6.34. The molecule has 0 atom stereocenters. The van der Waals surface area contributed by atoms with Crippen LogP contribution in [0, 0.1) is 6.92 Å². The number of carbonyl (C=O) groups excluding carboxylic acids is 1. The van der Waals surface area contributed by atoms with Crippen molar-refractivity contribution in [1.29, 1.82) is 0 Å². The van der Waals surface area contributed by atoms with E-state index < -0.39 is 0 Å². The summed E-state index contributed by atoms with van der Waals surface area (Å²) in [5.74, 6) is 1.03. The van der Waals surface area contributed by atoms with E-state index in [1.807, 2.05) is 0 Å². The summed E-state index contributed by atoms with van der Waals surface area (Å²) < 4.78 is 5.25. The summed E-state index contributed by atoms with van der Waals surface area (Å²) in [6.45, 7) is 1.80. The molecule has 0 radical (unpaired) electrons. The van der Waals surface area contributed by atoms with Crippen LogP contribution < -0.4 is 0 Å². The summed E-state index contributed by atoms with van der Waals surface area (Å²) >= 11 is 5.94. The van der Waals surface area contributed by atoms with E-state index in [-0.39, 0.29) is 5.15 Å². The number of furan rings is 1. The number of aryl methyl sites for hydroxylation is 1. The van der Waals surface area contributed by atoms with Crippen LogP contribution in [0.4, 0.5) is 0 Å². The number of aromatic amines is 1. The van der Waals surface area contributed by atoms with Gasteiger partial charge in [0, 0.05) is 0 Å². The molecule has 6 heteroatoms. The van der Waals surface area contributed by atoms with E-state index in [1.165, 1.54) is 0 Å². The maximum Gasteiger partial charge on any atom is 0.197 e. The van der Waals surface area contributed by atoms with Crippen LogP contribution in [0.25, 0.3) is 22.6 Å². The Morgan fingerprint density at radius 3 is 2.94 bits per heavy atom. The molecule has 5 nitrogen and oxygen atoms in total. The van der Waals surface area contributed by atoms with Crippen LogP contribution in [-0.2, 0) is 0 Å². The maximum atomic E-state index is 11.0. The lowest BCUT2D eigenvalue weighted by Gasteiger charge is -2.00. The Hall–Kier alpha value is -2.14. The van der Waals surface area contributed by atoms with Crippen LogP contribution >= 0.6 is 11.6 Å². The minimum atomic E-state index is 0.272. The molecule has 3 aromatic heterocycles. The molecule has 90 valence electrons. The lowest BCUT2D eigenvalue weighted by molar-refractivity contribution is 0.112. The summed E-state index contributed by atoms with van der Waals surface area (Å²) in [6.07, 6.45) is 2.25. The predicted molar refractivity (Wildman–Crippen MR) is 66.7 cm³/mol. The standard InChI is InChI=1S/C12H8ClN3O2/c1-6-9-7(5-17)10(13)15-12(9)16-11(14-6)8-3-2-4-18-8/h2-5H,1H3,(H,14,15,16). The van der Waals surface area contributed by atoms with E-state index in [4.69, 9.17) is 16.0 Å². The van der Waals surface area contributed by atoms with Gasteiger partial charge in [-0.3, -0.25) is 4.79 Å². The Labute approximate surface area is 107 Å². The summed E-state index contributed by atoms with van der Waals surface area (Å²) in [7, 11) is 0. The van der Waals surface area contributed by atoms with Crippen LogP contribution in [0.5, 0.6) is 0 Å². The third kappa shape index (κ3) is 1.52. The molecule has 1 N–H and O–H groups in total. The molecular weight excluding hydrogens is 254 g/mol. The number of carbonyl (C=O) groups is 1. The van der Waals surface area contributed by atoms with Gasteiger partial charge in [-0.25, -0.2) is 9.97 Å². The Balaban J connectivity index is 2.32. The number of hydrogen-bond donors (Lipinski definition) is 1. The first-order valence-corrected chi connectivity index (χ1v) is 5.63. The fourth-order valence-electron chi connectivity index (χ4n) is 1.89. The zero-order chi connectivity index (χ0) is 12.7. The minimum Gasteiger partial charge on any atom is -0.461 e. The Morgan fingerprint density at radius 2 is 2.28 bits per heavy atom. The number of halogens is 1. The van der Waals surface area contributed by atoms with Gasteiger partial charge in [0.1, 0.15) is 10.8 Å². The second kappa shape index (κ2) is 3.96. The largest absolute Gasteiger partial charge is 0.461 e. The smallest absolute Gasteiger partial charge is 0.197 e. The van der Waals surface area contributed by atoms with E-state index in [1.54, 1.807) is 25.3 Å². The molecule has 3 aromatic rings. The van der Waals surface area contributed by atoms with E-state index >= 15 is 0 Å². The fraction of sp³-hybridized carbons (Fsp3) is 0.0833. The van der Waals surface area contributed by atoms with Gasteiger partial charge in [-0.15, -0.1) is 0 Å². The summed E-state index contributed by atoms with van der Waals surface area (Å²) in [5.41, 5.74) is 1.59. The molecule has 0 bridgehead atoms. The SMILES string of the molecule is Cc1nc(-c2ccco2)nc2[nH]c(Cl)c(C=O)c12. The van der Waals surface area contributed by atoms with E-state index in [2.05, 4.69) is 15.0 Å². The second-order valence-corrected chi connectivity index (χ2v) is 4.18. The van der Waals surface area contributed by atoms with Crippen molar-refractivity contribution >= 4 is 28.9 Å². The molecule has 0 aliphatic heterocycles. The van der Waals surface area contributed by atoms with Gasteiger partial charge in [-0.1, -0.05) is 11.6 Å². The molecule has 0 unspecified atom stereocenters. The lowest BCUT2D eigenvalue weighted by Crippen LogP contribution is -1.93. The molecule has 0 spiro atoms. The van der Waals surface area contributed by atoms with Gasteiger partial charge < -0.3 is 9.40 Å². The van der Waals surface area contributed by atoms with Gasteiger partial charge in [-0.05, 0) is 19.1 Å². The van der Waals surface area contributed by atoms with Crippen molar-refractivity contribution in [3.8, 4) is 11.6 Å². The van der Waals surface area contributed by atoms with Crippen LogP contribution in [0.15, 0.2) is 22.8 Å². The number of aldehydes is 1. The van der Waals surface area contributed by atoms with Crippen molar-refractivity contribution in [2.24, 2.45) is 0 Å². The first-order chi connectivity index (χ1) is 8.70. The number of aromatic nitrogens is 3. The highest BCUT2D eigenvalue weighted by Gasteiger charge is 2.16. The van der Waals surface area contributed by atoms with Crippen molar-refractivity contribution in [2.75, 3.05) is 0 Å². The predicted octanol–water partition coefficient (Wildman–Crippen LogP) is 2.99. The summed E-state index contributed by atoms with van der Waals surface area (Å²) in [6, 6.07) is 3.53. The van der Waals surface area contributed by atoms with Gasteiger partial charge in [0.2, 0.25) is 0 Å². The zero-order valence-corrected chi connectivity index (χ0v) is 10.2. The van der Waals surface area contributed by atoms with Crippen LogP contribution in [0.3, 0.4) is 0 Å². The van der Waals surface area contributed by atoms with Crippen molar-refractivity contribution in [1.82, 2.24) is 15.0 Å². The minimum absolute atomic E-state index is 0.272. The van der Waals surface area contributed by atoms with Crippen molar-refractivity contribution in [2.45, 2.75) is 6.92 Å². The number of H-pyrrole nitrogens is 1. The number of hydrogen-bond acceptors (Lipinski definition) is 4. The normalized spacial score (nSPS) is 11.0. The Morgan fingerprint density at radius 1 is 1.44 bits per heavy atom. The summed E-state index contributed by atoms with van der Waals surface area (Å²) in [4.78, 5) is 22.5. The van der Waals surface area contributed by atoms with Crippen LogP contribution in [0.2, 0.25) is 5.15 Å². The lowest BCUT2D eigenvalue weighted by atomic mass is 10.2. The van der Waals surface area contributed by atoms with Crippen LogP contribution in [0.1, 0.15) is 16.1 Å². The number of nitrogens with zero attached hydrogens (tertiary/aromatic N) is 2. The molecular formula is C12H8ClN3O2. The summed E-state index contributed by atoms with van der Waals surface area (Å²) in [5, 5.41) is 0.916. The second-order valence-electron chi connectivity index (χ2n) is 3.80. The van der Waals surface area contributed by atoms with Gasteiger partial charge >= 0.3 is 0 Å². The average molecular weight is 262 g/mol. The third-order valence-electron chi connectivity index (χ3n) is 2.68. The molecule has 18 heavy (non-hydrogen) atoms. The third-order valence-corrected chi connectivity index (χ3v) is 2.98. The monoisotopic (exact) mass is 261 g/mol. The van der Waals surface area contributed by atoms with E-state index in [0.29, 0.717) is 40.2 Å².